The second kappa shape index (κ2) is 12.2. The zero-order valence-electron chi connectivity index (χ0n) is 22.8. The molecule has 4 rings (SSSR count). The number of alkyl halides is 9. The fourth-order valence-corrected chi connectivity index (χ4v) is 4.78. The van der Waals surface area contributed by atoms with E-state index in [9.17, 15) is 59.3 Å². The molecule has 2 atom stereocenters. The minimum absolute atomic E-state index is 0.0750. The summed E-state index contributed by atoms with van der Waals surface area (Å²) >= 11 is 0. The van der Waals surface area contributed by atoms with Crippen LogP contribution in [0.2, 0.25) is 0 Å². The van der Waals surface area contributed by atoms with E-state index in [1.54, 1.807) is 0 Å². The first-order valence-corrected chi connectivity index (χ1v) is 12.8. The molecule has 0 bridgehead atoms. The Morgan fingerprint density at radius 2 is 1.60 bits per heavy atom. The molecular formula is C27H22F9NO8. The number of phenols is 2. The molecule has 45 heavy (non-hydrogen) atoms. The molecule has 0 saturated carbocycles. The summed E-state index contributed by atoms with van der Waals surface area (Å²) in [5.41, 5.74) is -2.60. The van der Waals surface area contributed by atoms with Gasteiger partial charge in [0.15, 0.2) is 18.6 Å². The molecule has 0 spiro atoms. The van der Waals surface area contributed by atoms with Crippen molar-refractivity contribution in [3.8, 4) is 34.3 Å². The molecule has 246 valence electrons. The molecule has 1 aromatic heterocycles. The highest BCUT2D eigenvalue weighted by molar-refractivity contribution is 5.90. The van der Waals surface area contributed by atoms with Gasteiger partial charge in [0.2, 0.25) is 0 Å². The summed E-state index contributed by atoms with van der Waals surface area (Å²) in [6.07, 6.45) is -16.7. The molecule has 0 radical (unpaired) electrons. The van der Waals surface area contributed by atoms with Crippen LogP contribution in [0.5, 0.6) is 23.0 Å². The van der Waals surface area contributed by atoms with Gasteiger partial charge in [0.25, 0.3) is 0 Å². The molecule has 0 unspecified atom stereocenters. The van der Waals surface area contributed by atoms with Crippen LogP contribution in [0.3, 0.4) is 0 Å². The van der Waals surface area contributed by atoms with Gasteiger partial charge in [-0.3, -0.25) is 4.79 Å². The van der Waals surface area contributed by atoms with Gasteiger partial charge in [0.1, 0.15) is 45.8 Å². The number of likely N-dealkylation sites (N-methyl/N-ethyl adjacent to an activating group) is 1. The lowest BCUT2D eigenvalue weighted by molar-refractivity contribution is -0.207. The summed E-state index contributed by atoms with van der Waals surface area (Å²) in [5.74, 6) is -7.24. The summed E-state index contributed by atoms with van der Waals surface area (Å²) in [6, 6.07) is 3.84. The quantitative estimate of drug-likeness (QED) is 0.245. The standard InChI is InChI=1S/C27H22F9NO8/c1-37-5-4-13(20(9-37)45-24(41)27(34,35)36)21-15(38)7-16(39)22-17(40)8-19(44-23(21)22)14-6-12(42-10-25(28,29)30)2-3-18(14)43-11-26(31,32)33/h2-3,6-8,13,20,38-39H,4-5,9-11H2,1H3/t13-,20+/m0/s1. The average Bonchev–Trinajstić information content (AvgIpc) is 2.90. The van der Waals surface area contributed by atoms with Crippen molar-refractivity contribution in [3.63, 3.8) is 0 Å². The van der Waals surface area contributed by atoms with Crippen LogP contribution in [0.1, 0.15) is 17.9 Å². The lowest BCUT2D eigenvalue weighted by Crippen LogP contribution is -2.45. The first-order chi connectivity index (χ1) is 20.7. The third-order valence-electron chi connectivity index (χ3n) is 6.63. The van der Waals surface area contributed by atoms with E-state index in [0.717, 1.165) is 18.2 Å². The van der Waals surface area contributed by atoms with Crippen molar-refractivity contribution < 1.29 is 73.1 Å². The maximum atomic E-state index is 13.2. The van der Waals surface area contributed by atoms with Crippen LogP contribution in [0.25, 0.3) is 22.3 Å². The van der Waals surface area contributed by atoms with E-state index in [4.69, 9.17) is 13.9 Å². The van der Waals surface area contributed by atoms with Gasteiger partial charge in [0.05, 0.1) is 5.56 Å². The highest BCUT2D eigenvalue weighted by Crippen LogP contribution is 2.45. The first kappa shape index (κ1) is 33.5. The van der Waals surface area contributed by atoms with Gasteiger partial charge in [-0.25, -0.2) is 4.79 Å². The molecule has 3 aromatic rings. The largest absolute Gasteiger partial charge is 0.507 e. The van der Waals surface area contributed by atoms with E-state index in [0.29, 0.717) is 12.1 Å². The molecule has 0 amide bonds. The number of esters is 1. The minimum Gasteiger partial charge on any atom is -0.507 e. The van der Waals surface area contributed by atoms with Crippen molar-refractivity contribution >= 4 is 16.9 Å². The van der Waals surface area contributed by atoms with Crippen LogP contribution in [-0.2, 0) is 9.53 Å². The number of aromatic hydroxyl groups is 2. The van der Waals surface area contributed by atoms with E-state index < -0.39 is 100 Å². The second-order valence-corrected chi connectivity index (χ2v) is 10.1. The molecule has 1 aliphatic rings. The number of nitrogens with zero attached hydrogens (tertiary/aromatic N) is 1. The smallest absolute Gasteiger partial charge is 0.490 e. The van der Waals surface area contributed by atoms with Gasteiger partial charge in [-0.1, -0.05) is 0 Å². The summed E-state index contributed by atoms with van der Waals surface area (Å²) in [5, 5.41) is 20.7. The van der Waals surface area contributed by atoms with Crippen LogP contribution in [0.15, 0.2) is 39.5 Å². The monoisotopic (exact) mass is 659 g/mol. The number of halogens is 9. The van der Waals surface area contributed by atoms with Gasteiger partial charge in [0, 0.05) is 30.2 Å². The Kier molecular flexibility index (Phi) is 9.10. The number of benzene rings is 2. The predicted octanol–water partition coefficient (Wildman–Crippen LogP) is 5.65. The molecular weight excluding hydrogens is 637 g/mol. The normalized spacial score (nSPS) is 18.2. The number of carbonyl (C=O) groups excluding carboxylic acids is 1. The molecule has 0 aliphatic carbocycles. The Morgan fingerprint density at radius 3 is 2.22 bits per heavy atom. The van der Waals surface area contributed by atoms with Crippen molar-refractivity contribution in [1.29, 1.82) is 0 Å². The summed E-state index contributed by atoms with van der Waals surface area (Å²) < 4.78 is 136. The van der Waals surface area contributed by atoms with Gasteiger partial charge >= 0.3 is 24.5 Å². The van der Waals surface area contributed by atoms with E-state index in [2.05, 4.69) is 4.74 Å². The number of phenolic OH excluding ortho intramolecular Hbond substituents is 2. The molecule has 18 heteroatoms. The van der Waals surface area contributed by atoms with Gasteiger partial charge in [-0.15, -0.1) is 0 Å². The third kappa shape index (κ3) is 8.03. The SMILES string of the molecule is CN1CC[C@H](c2c(O)cc(O)c3c(=O)cc(-c4cc(OCC(F)(F)F)ccc4OCC(F)(F)F)oc23)[C@H](OC(=O)C(F)(F)F)C1. The summed E-state index contributed by atoms with van der Waals surface area (Å²) in [4.78, 5) is 26.4. The molecule has 1 saturated heterocycles. The van der Waals surface area contributed by atoms with E-state index >= 15 is 0 Å². The number of ether oxygens (including phenoxy) is 3. The number of piperidine rings is 1. The van der Waals surface area contributed by atoms with Crippen LogP contribution >= 0.6 is 0 Å². The van der Waals surface area contributed by atoms with Crippen molar-refractivity contribution in [2.24, 2.45) is 0 Å². The Morgan fingerprint density at radius 1 is 0.956 bits per heavy atom. The highest BCUT2D eigenvalue weighted by atomic mass is 19.4. The Bertz CT molecular complexity index is 1630. The second-order valence-electron chi connectivity index (χ2n) is 10.1. The van der Waals surface area contributed by atoms with Gasteiger partial charge < -0.3 is 33.7 Å². The number of hydrogen-bond donors (Lipinski definition) is 2. The van der Waals surface area contributed by atoms with Crippen molar-refractivity contribution in [3.05, 3.63) is 46.1 Å². The van der Waals surface area contributed by atoms with E-state index in [-0.39, 0.29) is 25.1 Å². The maximum absolute atomic E-state index is 13.2. The van der Waals surface area contributed by atoms with Crippen LogP contribution < -0.4 is 14.9 Å². The molecule has 1 aliphatic heterocycles. The van der Waals surface area contributed by atoms with Crippen molar-refractivity contribution in [2.75, 3.05) is 33.4 Å². The molecule has 2 N–H and O–H groups in total. The molecule has 9 nitrogen and oxygen atoms in total. The zero-order valence-corrected chi connectivity index (χ0v) is 22.8. The van der Waals surface area contributed by atoms with Crippen LogP contribution in [-0.4, -0.2) is 79.1 Å². The number of hydrogen-bond acceptors (Lipinski definition) is 9. The van der Waals surface area contributed by atoms with E-state index in [1.165, 1.54) is 11.9 Å². The van der Waals surface area contributed by atoms with E-state index in [1.807, 2.05) is 0 Å². The molecule has 2 heterocycles. The lowest BCUT2D eigenvalue weighted by Gasteiger charge is -2.36. The fraction of sp³-hybridized carbons (Fsp3) is 0.407. The number of likely N-dealkylation sites (tertiary alicyclic amines) is 1. The van der Waals surface area contributed by atoms with Gasteiger partial charge in [-0.2, -0.15) is 39.5 Å². The zero-order chi connectivity index (χ0) is 33.5. The van der Waals surface area contributed by atoms with Crippen LogP contribution in [0.4, 0.5) is 39.5 Å². The molecule has 2 aromatic carbocycles. The lowest BCUT2D eigenvalue weighted by atomic mass is 9.85. The topological polar surface area (TPSA) is 119 Å². The highest BCUT2D eigenvalue weighted by Gasteiger charge is 2.45. The van der Waals surface area contributed by atoms with Gasteiger partial charge in [-0.05, 0) is 38.2 Å². The first-order valence-electron chi connectivity index (χ1n) is 12.8. The maximum Gasteiger partial charge on any atom is 0.490 e. The third-order valence-corrected chi connectivity index (χ3v) is 6.63. The summed E-state index contributed by atoms with van der Waals surface area (Å²) in [7, 11) is 1.51. The van der Waals surface area contributed by atoms with Crippen molar-refractivity contribution in [1.82, 2.24) is 4.90 Å². The average molecular weight is 659 g/mol. The fourth-order valence-electron chi connectivity index (χ4n) is 4.78. The Labute approximate surface area is 246 Å². The predicted molar refractivity (Wildman–Crippen MR) is 135 cm³/mol. The minimum atomic E-state index is -5.38. The number of carbonyl (C=O) groups is 1. The number of fused-ring (bicyclic) bond motifs is 1. The summed E-state index contributed by atoms with van der Waals surface area (Å²) in [6.45, 7) is -3.75. The Hall–Kier alpha value is -4.35. The number of rotatable bonds is 7. The molecule has 1 fully saturated rings. The Balaban J connectivity index is 1.91. The van der Waals surface area contributed by atoms with Crippen molar-refractivity contribution in [2.45, 2.75) is 37.0 Å². The van der Waals surface area contributed by atoms with Crippen LogP contribution in [0, 0.1) is 0 Å².